The minimum absolute atomic E-state index is 0.0217. The molecule has 9 nitrogen and oxygen atoms in total. The monoisotopic (exact) mass is 1200 g/mol. The molecular formula is C78H51B2N9S2. The summed E-state index contributed by atoms with van der Waals surface area (Å²) in [6.45, 7) is 9.43. The molecule has 426 valence electrons. The number of nitrogens with zero attached hydrogens (tertiary/aromatic N) is 9. The van der Waals surface area contributed by atoms with Gasteiger partial charge in [0.05, 0.1) is 28.1 Å². The van der Waals surface area contributed by atoms with Gasteiger partial charge in [0.15, 0.2) is 0 Å². The van der Waals surface area contributed by atoms with Crippen LogP contribution in [0.2, 0.25) is 0 Å². The number of hydrogen-bond acceptors (Lipinski definition) is 9. The van der Waals surface area contributed by atoms with Gasteiger partial charge >= 0.3 is 0 Å². The molecule has 0 saturated heterocycles. The highest BCUT2D eigenvalue weighted by Crippen LogP contribution is 2.58. The average molecular weight is 1200 g/mol. The minimum Gasteiger partial charge on any atom is -0.311 e. The lowest BCUT2D eigenvalue weighted by atomic mass is 9.31. The zero-order valence-corrected chi connectivity index (χ0v) is 51.8. The zero-order valence-electron chi connectivity index (χ0n) is 50.1. The van der Waals surface area contributed by atoms with Crippen molar-refractivity contribution in [2.45, 2.75) is 61.2 Å². The fourth-order valence-electron chi connectivity index (χ4n) is 17.7. The highest BCUT2D eigenvalue weighted by molar-refractivity contribution is 8.00. The zero-order chi connectivity index (χ0) is 59.7. The first-order valence-electron chi connectivity index (χ1n) is 31.7. The van der Waals surface area contributed by atoms with Crippen LogP contribution in [0.25, 0.3) is 86.8 Å². The Morgan fingerprint density at radius 1 is 0.385 bits per heavy atom. The smallest absolute Gasteiger partial charge is 0.262 e. The van der Waals surface area contributed by atoms with E-state index in [0.717, 1.165) is 85.2 Å². The summed E-state index contributed by atoms with van der Waals surface area (Å²) in [5.74, 6) is 0. The van der Waals surface area contributed by atoms with Crippen LogP contribution in [-0.4, -0.2) is 42.2 Å². The third kappa shape index (κ3) is 6.00. The van der Waals surface area contributed by atoms with Gasteiger partial charge in [0.25, 0.3) is 13.4 Å². The molecular weight excluding hydrogens is 1150 g/mol. The van der Waals surface area contributed by atoms with E-state index in [1.807, 2.05) is 47.9 Å². The summed E-state index contributed by atoms with van der Waals surface area (Å²) in [7, 11) is 0. The number of thiophene rings is 1. The normalized spacial score (nSPS) is 15.8. The van der Waals surface area contributed by atoms with Crippen LogP contribution < -0.4 is 46.8 Å². The standard InChI is InChI=1S/C78H51B2N9S2/c1-77(2)33-34-78(3,4)51-39-44(31-32-50(51)77)87-55-29-13-12-28-52(55)79-53-40-54-57(41-56(53)85(42-19-7-5-8-20-42)67-59-46-24-15-35-81-73(46)88-65(59)60(68(87)63(67)79)47-25-16-36-82-74(47)88)86(43-21-9-6-10-22-43)69-61-48-26-17-37-83-75(48)89-66(61)62(49-27-18-38-84-76(49)89)71-64(69)80(54)72-70(91-71)45-23-11-14-30-58(45)90-72/h5-32,35-41H,33-34H2,1-4H3. The number of aromatic nitrogens is 6. The highest BCUT2D eigenvalue weighted by Gasteiger charge is 2.52. The Kier molecular flexibility index (Phi) is 9.27. The van der Waals surface area contributed by atoms with E-state index in [-0.39, 0.29) is 24.3 Å². The average Bonchev–Trinajstić information content (AvgIpc) is 1.61. The predicted molar refractivity (Wildman–Crippen MR) is 382 cm³/mol. The van der Waals surface area contributed by atoms with Gasteiger partial charge in [-0.05, 0) is 170 Å². The van der Waals surface area contributed by atoms with Crippen molar-refractivity contribution in [2.24, 2.45) is 0 Å². The van der Waals surface area contributed by atoms with Crippen LogP contribution in [0.1, 0.15) is 51.7 Å². The van der Waals surface area contributed by atoms with Gasteiger partial charge in [0.2, 0.25) is 0 Å². The van der Waals surface area contributed by atoms with E-state index in [1.54, 1.807) is 0 Å². The molecule has 0 N–H and O–H groups in total. The van der Waals surface area contributed by atoms with Crippen LogP contribution in [-0.2, 0) is 10.8 Å². The van der Waals surface area contributed by atoms with E-state index in [4.69, 9.17) is 19.9 Å². The lowest BCUT2D eigenvalue weighted by Crippen LogP contribution is -2.64. The molecule has 9 aromatic heterocycles. The minimum atomic E-state index is -0.213. The maximum absolute atomic E-state index is 5.33. The molecule has 0 radical (unpaired) electrons. The molecule has 0 amide bonds. The number of hydrogen-bond donors (Lipinski definition) is 0. The van der Waals surface area contributed by atoms with Gasteiger partial charge in [0, 0.05) is 122 Å². The maximum atomic E-state index is 5.33. The van der Waals surface area contributed by atoms with Crippen molar-refractivity contribution in [1.29, 1.82) is 0 Å². The molecule has 13 heteroatoms. The van der Waals surface area contributed by atoms with Gasteiger partial charge in [-0.3, -0.25) is 8.80 Å². The Morgan fingerprint density at radius 2 is 0.868 bits per heavy atom. The molecule has 1 aliphatic carbocycles. The van der Waals surface area contributed by atoms with Crippen molar-refractivity contribution < 1.29 is 0 Å². The Balaban J connectivity index is 0.939. The summed E-state index contributed by atoms with van der Waals surface area (Å²) in [5, 5.41) is 10.6. The topological polar surface area (TPSA) is 70.1 Å². The summed E-state index contributed by atoms with van der Waals surface area (Å²) in [6.07, 6.45) is 10.1. The van der Waals surface area contributed by atoms with Crippen LogP contribution in [0.5, 0.6) is 0 Å². The molecule has 0 fully saturated rings. The lowest BCUT2D eigenvalue weighted by Gasteiger charge is -2.47. The van der Waals surface area contributed by atoms with Crippen molar-refractivity contribution in [3.05, 3.63) is 224 Å². The molecule has 0 unspecified atom stereocenters. The lowest BCUT2D eigenvalue weighted by molar-refractivity contribution is 0.332. The van der Waals surface area contributed by atoms with E-state index in [9.17, 15) is 0 Å². The first kappa shape index (κ1) is 49.7. The molecule has 0 saturated carbocycles. The predicted octanol–water partition coefficient (Wildman–Crippen LogP) is 16.0. The summed E-state index contributed by atoms with van der Waals surface area (Å²) in [4.78, 5) is 31.7. The van der Waals surface area contributed by atoms with Crippen LogP contribution in [0.4, 0.5) is 51.2 Å². The quantitative estimate of drug-likeness (QED) is 0.162. The summed E-state index contributed by atoms with van der Waals surface area (Å²) >= 11 is 3.93. The molecule has 5 aliphatic rings. The summed E-state index contributed by atoms with van der Waals surface area (Å²) in [5.41, 5.74) is 25.7. The van der Waals surface area contributed by atoms with Crippen molar-refractivity contribution in [3.8, 4) is 0 Å². The molecule has 91 heavy (non-hydrogen) atoms. The third-order valence-corrected chi connectivity index (χ3v) is 24.2. The Morgan fingerprint density at radius 3 is 1.47 bits per heavy atom. The van der Waals surface area contributed by atoms with Gasteiger partial charge in [-0.1, -0.05) is 124 Å². The highest BCUT2D eigenvalue weighted by atomic mass is 32.2. The van der Waals surface area contributed by atoms with Gasteiger partial charge in [-0.15, -0.1) is 11.3 Å². The van der Waals surface area contributed by atoms with Gasteiger partial charge in [0.1, 0.15) is 22.6 Å². The number of fused-ring (bicyclic) bond motifs is 27. The second kappa shape index (κ2) is 17.0. The first-order valence-corrected chi connectivity index (χ1v) is 33.4. The van der Waals surface area contributed by atoms with E-state index >= 15 is 0 Å². The number of rotatable bonds is 3. The van der Waals surface area contributed by atoms with E-state index in [0.29, 0.717) is 0 Å². The van der Waals surface area contributed by atoms with Crippen LogP contribution in [0, 0.1) is 0 Å². The number of anilines is 9. The molecule has 17 aromatic rings. The summed E-state index contributed by atoms with van der Waals surface area (Å²) < 4.78 is 7.43. The number of benzene rings is 8. The van der Waals surface area contributed by atoms with Crippen LogP contribution in [0.3, 0.4) is 0 Å². The number of para-hydroxylation sites is 3. The second-order valence-electron chi connectivity index (χ2n) is 27.0. The van der Waals surface area contributed by atoms with Crippen LogP contribution >= 0.6 is 23.1 Å². The van der Waals surface area contributed by atoms with Gasteiger partial charge in [-0.2, -0.15) is 0 Å². The van der Waals surface area contributed by atoms with E-state index in [2.05, 4.69) is 239 Å². The van der Waals surface area contributed by atoms with Crippen molar-refractivity contribution in [2.75, 3.05) is 14.7 Å². The van der Waals surface area contributed by atoms with Crippen molar-refractivity contribution in [1.82, 2.24) is 28.7 Å². The Labute approximate surface area is 531 Å². The molecule has 0 spiro atoms. The molecule has 13 heterocycles. The van der Waals surface area contributed by atoms with Crippen LogP contribution in [0.15, 0.2) is 223 Å². The van der Waals surface area contributed by atoms with E-state index in [1.165, 1.54) is 119 Å². The summed E-state index contributed by atoms with van der Waals surface area (Å²) in [6, 6.07) is 71.3. The Hall–Kier alpha value is -10.2. The SMILES string of the molecule is CC1(C)CCC(C)(C)c2cc(N3c4ccccc4B4c5cc6c(cc5N(c5ccccc5)c5c4c3c3c4cccnc4n4c7ncccc7c5c34)N(c3ccccc3)c3c4c(c5c7cccnc7n7c8ncccc8c3c57)Sc3c(sc5ccccc35)B64)ccc21. The molecule has 22 rings (SSSR count). The second-order valence-corrected chi connectivity index (χ2v) is 29.1. The van der Waals surface area contributed by atoms with E-state index < -0.39 is 0 Å². The molecule has 0 atom stereocenters. The maximum Gasteiger partial charge on any atom is 0.262 e. The van der Waals surface area contributed by atoms with Gasteiger partial charge in [-0.25, -0.2) is 19.9 Å². The molecule has 8 aromatic carbocycles. The number of pyridine rings is 4. The largest absolute Gasteiger partial charge is 0.311 e. The Bertz CT molecular complexity index is 6130. The first-order chi connectivity index (χ1) is 44.7. The molecule has 4 aliphatic heterocycles. The fraction of sp³-hybridized carbons (Fsp3) is 0.103. The molecule has 0 bridgehead atoms. The van der Waals surface area contributed by atoms with Crippen molar-refractivity contribution >= 4 is 207 Å². The van der Waals surface area contributed by atoms with Gasteiger partial charge < -0.3 is 14.7 Å². The third-order valence-electron chi connectivity index (χ3n) is 21.6. The van der Waals surface area contributed by atoms with Crippen molar-refractivity contribution in [3.63, 3.8) is 0 Å². The fourth-order valence-corrected chi connectivity index (χ4v) is 20.6.